The number of pyridine rings is 1. The molecule has 2 aromatic heterocycles. The molecule has 2 heterocycles. The van der Waals surface area contributed by atoms with E-state index in [4.69, 9.17) is 0 Å². The minimum Gasteiger partial charge on any atom is -0.385 e. The van der Waals surface area contributed by atoms with Crippen LogP contribution in [0, 0.1) is 0 Å². The topological polar surface area (TPSA) is 65.0 Å². The molecule has 0 aliphatic heterocycles. The highest BCUT2D eigenvalue weighted by atomic mass is 16.3. The molecule has 0 aliphatic rings. The first-order chi connectivity index (χ1) is 10.0. The van der Waals surface area contributed by atoms with E-state index in [1.165, 1.54) is 0 Å². The lowest BCUT2D eigenvalue weighted by molar-refractivity contribution is 0.190. The van der Waals surface area contributed by atoms with Crippen molar-refractivity contribution in [1.82, 2.24) is 15.0 Å². The summed E-state index contributed by atoms with van der Waals surface area (Å²) in [5.41, 5.74) is 3.89. The van der Waals surface area contributed by atoms with Gasteiger partial charge in [-0.1, -0.05) is 6.07 Å². The molecule has 0 saturated carbocycles. The molecule has 0 amide bonds. The van der Waals surface area contributed by atoms with Crippen molar-refractivity contribution in [3.63, 3.8) is 0 Å². The molecular weight excluding hydrogens is 264 g/mol. The molecule has 3 rings (SSSR count). The van der Waals surface area contributed by atoms with Crippen LogP contribution in [0.25, 0.3) is 22.2 Å². The molecule has 5 nitrogen and oxygen atoms in total. The first kappa shape index (κ1) is 13.6. The summed E-state index contributed by atoms with van der Waals surface area (Å²) in [6, 6.07) is 10.0. The molecule has 21 heavy (non-hydrogen) atoms. The van der Waals surface area contributed by atoms with Gasteiger partial charge in [-0.25, -0.2) is 9.97 Å². The van der Waals surface area contributed by atoms with Gasteiger partial charge in [-0.15, -0.1) is 0 Å². The number of aromatic amines is 1. The number of hydrogen-bond acceptors (Lipinski definition) is 4. The van der Waals surface area contributed by atoms with Crippen LogP contribution in [0.15, 0.2) is 36.5 Å². The van der Waals surface area contributed by atoms with E-state index in [0.717, 1.165) is 28.0 Å². The molecule has 1 unspecified atom stereocenters. The molecule has 108 valence electrons. The number of aliphatic hydroxyl groups is 1. The lowest BCUT2D eigenvalue weighted by Crippen LogP contribution is -2.09. The Kier molecular flexibility index (Phi) is 3.35. The molecule has 0 saturated heterocycles. The van der Waals surface area contributed by atoms with E-state index < -0.39 is 6.10 Å². The van der Waals surface area contributed by atoms with E-state index in [1.54, 1.807) is 6.92 Å². The molecule has 2 N–H and O–H groups in total. The quantitative estimate of drug-likeness (QED) is 0.775. The third kappa shape index (κ3) is 2.60. The zero-order chi connectivity index (χ0) is 15.0. The van der Waals surface area contributed by atoms with Crippen molar-refractivity contribution in [3.05, 3.63) is 42.4 Å². The maximum atomic E-state index is 9.59. The summed E-state index contributed by atoms with van der Waals surface area (Å²) < 4.78 is 0. The summed E-state index contributed by atoms with van der Waals surface area (Å²) in [6.07, 6.45) is 1.27. The maximum Gasteiger partial charge on any atom is 0.135 e. The number of aliphatic hydroxyl groups excluding tert-OH is 1. The van der Waals surface area contributed by atoms with Crippen LogP contribution in [0.1, 0.15) is 18.9 Å². The Morgan fingerprint density at radius 2 is 1.90 bits per heavy atom. The van der Waals surface area contributed by atoms with Crippen LogP contribution in [-0.4, -0.2) is 34.2 Å². The zero-order valence-electron chi connectivity index (χ0n) is 12.3. The minimum absolute atomic E-state index is 0.586. The van der Waals surface area contributed by atoms with Gasteiger partial charge in [0, 0.05) is 25.9 Å². The largest absolute Gasteiger partial charge is 0.385 e. The normalized spacial score (nSPS) is 12.6. The minimum atomic E-state index is -0.595. The second-order valence-corrected chi connectivity index (χ2v) is 5.33. The number of aromatic nitrogens is 3. The predicted octanol–water partition coefficient (Wildman–Crippen LogP) is 2.74. The molecule has 3 aromatic rings. The lowest BCUT2D eigenvalue weighted by Gasteiger charge is -2.11. The summed E-state index contributed by atoms with van der Waals surface area (Å²) in [7, 11) is 3.94. The van der Waals surface area contributed by atoms with Gasteiger partial charge in [-0.3, -0.25) is 0 Å². The van der Waals surface area contributed by atoms with Gasteiger partial charge in [0.05, 0.1) is 11.0 Å². The molecule has 0 aliphatic carbocycles. The van der Waals surface area contributed by atoms with Gasteiger partial charge in [-0.2, -0.15) is 0 Å². The molecule has 0 fully saturated rings. The van der Waals surface area contributed by atoms with E-state index in [0.29, 0.717) is 5.82 Å². The van der Waals surface area contributed by atoms with Gasteiger partial charge < -0.3 is 15.0 Å². The van der Waals surface area contributed by atoms with Crippen LogP contribution >= 0.6 is 0 Å². The number of imidazole rings is 1. The average molecular weight is 282 g/mol. The Morgan fingerprint density at radius 3 is 2.52 bits per heavy atom. The van der Waals surface area contributed by atoms with Crippen molar-refractivity contribution in [3.8, 4) is 11.1 Å². The molecule has 0 bridgehead atoms. The van der Waals surface area contributed by atoms with Gasteiger partial charge in [-0.05, 0) is 36.8 Å². The van der Waals surface area contributed by atoms with Crippen LogP contribution in [0.4, 0.5) is 5.82 Å². The molecule has 0 spiro atoms. The third-order valence-electron chi connectivity index (χ3n) is 3.44. The Bertz CT molecular complexity index is 760. The van der Waals surface area contributed by atoms with Crippen LogP contribution in [0.3, 0.4) is 0 Å². The van der Waals surface area contributed by atoms with Crippen molar-refractivity contribution < 1.29 is 5.11 Å². The Labute approximate surface area is 123 Å². The molecule has 0 radical (unpaired) electrons. The number of nitrogens with one attached hydrogen (secondary N) is 1. The Morgan fingerprint density at radius 1 is 1.14 bits per heavy atom. The molecular formula is C16H18N4O. The van der Waals surface area contributed by atoms with Gasteiger partial charge in [0.1, 0.15) is 17.7 Å². The van der Waals surface area contributed by atoms with E-state index in [2.05, 4.69) is 21.0 Å². The third-order valence-corrected chi connectivity index (χ3v) is 3.44. The fraction of sp³-hybridized carbons (Fsp3) is 0.250. The van der Waals surface area contributed by atoms with E-state index in [1.807, 2.05) is 49.5 Å². The van der Waals surface area contributed by atoms with Gasteiger partial charge in [0.25, 0.3) is 0 Å². The number of fused-ring (bicyclic) bond motifs is 1. The lowest BCUT2D eigenvalue weighted by atomic mass is 10.1. The maximum absolute atomic E-state index is 9.59. The number of benzene rings is 1. The van der Waals surface area contributed by atoms with Crippen LogP contribution < -0.4 is 4.90 Å². The summed E-state index contributed by atoms with van der Waals surface area (Å²) in [4.78, 5) is 13.9. The van der Waals surface area contributed by atoms with E-state index >= 15 is 0 Å². The number of anilines is 1. The van der Waals surface area contributed by atoms with Crippen molar-refractivity contribution in [2.24, 2.45) is 0 Å². The number of nitrogens with zero attached hydrogens (tertiary/aromatic N) is 3. The van der Waals surface area contributed by atoms with Gasteiger partial charge in [0.15, 0.2) is 0 Å². The zero-order valence-corrected chi connectivity index (χ0v) is 12.3. The molecule has 5 heteroatoms. The predicted molar refractivity (Wildman–Crippen MR) is 84.3 cm³/mol. The number of hydrogen-bond donors (Lipinski definition) is 2. The SMILES string of the molecule is CC(O)c1nc2ccc(-c3ccc(N(C)C)nc3)cc2[nH]1. The number of H-pyrrole nitrogens is 1. The van der Waals surface area contributed by atoms with Crippen molar-refractivity contribution in [2.45, 2.75) is 13.0 Å². The van der Waals surface area contributed by atoms with Crippen molar-refractivity contribution in [1.29, 1.82) is 0 Å². The van der Waals surface area contributed by atoms with Crippen molar-refractivity contribution >= 4 is 16.9 Å². The van der Waals surface area contributed by atoms with Crippen molar-refractivity contribution in [2.75, 3.05) is 19.0 Å². The average Bonchev–Trinajstić information content (AvgIpc) is 2.90. The fourth-order valence-electron chi connectivity index (χ4n) is 2.23. The van der Waals surface area contributed by atoms with Gasteiger partial charge >= 0.3 is 0 Å². The summed E-state index contributed by atoms with van der Waals surface area (Å²) >= 11 is 0. The first-order valence-corrected chi connectivity index (χ1v) is 6.86. The molecule has 1 atom stereocenters. The summed E-state index contributed by atoms with van der Waals surface area (Å²) in [6.45, 7) is 1.70. The Hall–Kier alpha value is -2.40. The van der Waals surface area contributed by atoms with Crippen LogP contribution in [0.2, 0.25) is 0 Å². The van der Waals surface area contributed by atoms with Crippen LogP contribution in [-0.2, 0) is 0 Å². The molecule has 1 aromatic carbocycles. The first-order valence-electron chi connectivity index (χ1n) is 6.86. The second kappa shape index (κ2) is 5.18. The standard InChI is InChI=1S/C16H18N4O/c1-10(21)16-18-13-6-4-11(8-14(13)19-16)12-5-7-15(17-9-12)20(2)3/h4-10,21H,1-3H3,(H,18,19). The Balaban J connectivity index is 2.00. The second-order valence-electron chi connectivity index (χ2n) is 5.33. The highest BCUT2D eigenvalue weighted by Gasteiger charge is 2.09. The van der Waals surface area contributed by atoms with E-state index in [9.17, 15) is 5.11 Å². The smallest absolute Gasteiger partial charge is 0.135 e. The highest BCUT2D eigenvalue weighted by molar-refractivity contribution is 5.82. The summed E-state index contributed by atoms with van der Waals surface area (Å²) in [5, 5.41) is 9.59. The van der Waals surface area contributed by atoms with E-state index in [-0.39, 0.29) is 0 Å². The monoisotopic (exact) mass is 282 g/mol. The highest BCUT2D eigenvalue weighted by Crippen LogP contribution is 2.25. The summed E-state index contributed by atoms with van der Waals surface area (Å²) in [5.74, 6) is 1.51. The van der Waals surface area contributed by atoms with Gasteiger partial charge in [0.2, 0.25) is 0 Å². The van der Waals surface area contributed by atoms with Crippen LogP contribution in [0.5, 0.6) is 0 Å². The number of rotatable bonds is 3. The fourth-order valence-corrected chi connectivity index (χ4v) is 2.23.